The Bertz CT molecular complexity index is 2440. The van der Waals surface area contributed by atoms with Crippen LogP contribution in [0.2, 0.25) is 0 Å². The predicted octanol–water partition coefficient (Wildman–Crippen LogP) is 10.8. The van der Waals surface area contributed by atoms with E-state index in [4.69, 9.17) is 15.0 Å². The molecule has 0 atom stereocenters. The van der Waals surface area contributed by atoms with E-state index in [0.717, 1.165) is 22.3 Å². The van der Waals surface area contributed by atoms with Crippen molar-refractivity contribution in [2.24, 2.45) is 0 Å². The Balaban J connectivity index is 1.23. The number of aromatic nitrogens is 4. The van der Waals surface area contributed by atoms with Crippen molar-refractivity contribution in [2.45, 2.75) is 0 Å². The molecular formula is C41H26N4S. The van der Waals surface area contributed by atoms with Crippen LogP contribution in [-0.4, -0.2) is 19.4 Å². The second-order valence-electron chi connectivity index (χ2n) is 11.3. The monoisotopic (exact) mass is 606 g/mol. The molecule has 216 valence electrons. The molecule has 0 saturated carbocycles. The zero-order chi connectivity index (χ0) is 30.5. The van der Waals surface area contributed by atoms with Crippen molar-refractivity contribution >= 4 is 37.3 Å². The molecule has 9 rings (SSSR count). The highest BCUT2D eigenvalue weighted by molar-refractivity contribution is 7.24. The molecule has 0 unspecified atom stereocenters. The van der Waals surface area contributed by atoms with Gasteiger partial charge in [-0.3, -0.25) is 4.40 Å². The Morgan fingerprint density at radius 3 is 1.52 bits per heavy atom. The lowest BCUT2D eigenvalue weighted by atomic mass is 9.99. The van der Waals surface area contributed by atoms with E-state index < -0.39 is 0 Å². The molecule has 0 N–H and O–H groups in total. The number of nitrogens with zero attached hydrogens (tertiary/aromatic N) is 4. The third-order valence-electron chi connectivity index (χ3n) is 8.47. The van der Waals surface area contributed by atoms with Crippen LogP contribution in [-0.2, 0) is 0 Å². The maximum absolute atomic E-state index is 4.94. The second kappa shape index (κ2) is 10.9. The summed E-state index contributed by atoms with van der Waals surface area (Å²) in [4.78, 5) is 16.0. The van der Waals surface area contributed by atoms with E-state index in [0.29, 0.717) is 17.5 Å². The molecule has 4 nitrogen and oxygen atoms in total. The van der Waals surface area contributed by atoms with Crippen molar-refractivity contribution in [1.82, 2.24) is 19.4 Å². The Labute approximate surface area is 269 Å². The van der Waals surface area contributed by atoms with Gasteiger partial charge in [-0.05, 0) is 23.3 Å². The van der Waals surface area contributed by atoms with Gasteiger partial charge >= 0.3 is 0 Å². The summed E-state index contributed by atoms with van der Waals surface area (Å²) >= 11 is 1.84. The molecule has 3 aromatic heterocycles. The second-order valence-corrected chi connectivity index (χ2v) is 12.3. The molecule has 3 heterocycles. The lowest BCUT2D eigenvalue weighted by Gasteiger charge is -2.09. The molecule has 9 aromatic rings. The first-order valence-electron chi connectivity index (χ1n) is 15.3. The Morgan fingerprint density at radius 2 is 0.913 bits per heavy atom. The van der Waals surface area contributed by atoms with Gasteiger partial charge in [0.1, 0.15) is 4.83 Å². The molecule has 0 aliphatic heterocycles. The zero-order valence-corrected chi connectivity index (χ0v) is 25.5. The number of thiazole rings is 1. The fourth-order valence-corrected chi connectivity index (χ4v) is 7.56. The molecule has 0 fully saturated rings. The van der Waals surface area contributed by atoms with Crippen molar-refractivity contribution in [2.75, 3.05) is 0 Å². The SMILES string of the molecule is c1ccc(-c2nc(-c3ccccc3)nc(-c3ccc(-c4c5cccc(-c6ccccc6)c5n5c4sc4ccccc45)cc3)n2)cc1. The highest BCUT2D eigenvalue weighted by Crippen LogP contribution is 2.45. The van der Waals surface area contributed by atoms with Crippen LogP contribution in [0, 0.1) is 0 Å². The fourth-order valence-electron chi connectivity index (χ4n) is 6.33. The molecule has 0 radical (unpaired) electrons. The molecule has 0 bridgehead atoms. The van der Waals surface area contributed by atoms with Crippen LogP contribution < -0.4 is 0 Å². The minimum absolute atomic E-state index is 0.652. The van der Waals surface area contributed by atoms with Crippen LogP contribution in [0.15, 0.2) is 158 Å². The topological polar surface area (TPSA) is 43.1 Å². The number of benzene rings is 6. The normalized spacial score (nSPS) is 11.5. The summed E-state index contributed by atoms with van der Waals surface area (Å²) in [7, 11) is 0. The van der Waals surface area contributed by atoms with E-state index in [1.165, 1.54) is 42.6 Å². The van der Waals surface area contributed by atoms with E-state index >= 15 is 0 Å². The average Bonchev–Trinajstić information content (AvgIpc) is 3.67. The molecule has 0 spiro atoms. The zero-order valence-electron chi connectivity index (χ0n) is 24.7. The van der Waals surface area contributed by atoms with Crippen LogP contribution >= 0.6 is 11.3 Å². The molecular weight excluding hydrogens is 581 g/mol. The summed E-state index contributed by atoms with van der Waals surface area (Å²) in [6.45, 7) is 0. The van der Waals surface area contributed by atoms with Gasteiger partial charge in [0, 0.05) is 33.2 Å². The fraction of sp³-hybridized carbons (Fsp3) is 0. The molecule has 6 aromatic carbocycles. The maximum Gasteiger partial charge on any atom is 0.164 e. The molecule has 0 saturated heterocycles. The van der Waals surface area contributed by atoms with Gasteiger partial charge in [-0.25, -0.2) is 15.0 Å². The van der Waals surface area contributed by atoms with Gasteiger partial charge < -0.3 is 0 Å². The smallest absolute Gasteiger partial charge is 0.164 e. The highest BCUT2D eigenvalue weighted by Gasteiger charge is 2.21. The number of para-hydroxylation sites is 2. The first-order valence-corrected chi connectivity index (χ1v) is 16.1. The first-order chi connectivity index (χ1) is 22.8. The van der Waals surface area contributed by atoms with Gasteiger partial charge in [0.05, 0.1) is 15.7 Å². The van der Waals surface area contributed by atoms with E-state index in [9.17, 15) is 0 Å². The Kier molecular flexibility index (Phi) is 6.28. The summed E-state index contributed by atoms with van der Waals surface area (Å²) in [5, 5.41) is 1.24. The van der Waals surface area contributed by atoms with Gasteiger partial charge in [0.2, 0.25) is 0 Å². The van der Waals surface area contributed by atoms with Crippen molar-refractivity contribution in [3.05, 3.63) is 158 Å². The van der Waals surface area contributed by atoms with Gasteiger partial charge in [-0.1, -0.05) is 146 Å². The number of fused-ring (bicyclic) bond motifs is 5. The molecule has 5 heteroatoms. The number of rotatable bonds is 5. The van der Waals surface area contributed by atoms with Gasteiger partial charge in [0.15, 0.2) is 17.5 Å². The average molecular weight is 607 g/mol. The maximum atomic E-state index is 4.94. The molecule has 0 amide bonds. The Hall–Kier alpha value is -5.91. The summed E-state index contributed by atoms with van der Waals surface area (Å²) in [6.07, 6.45) is 0. The van der Waals surface area contributed by atoms with Crippen molar-refractivity contribution in [3.63, 3.8) is 0 Å². The summed E-state index contributed by atoms with van der Waals surface area (Å²) < 4.78 is 3.72. The summed E-state index contributed by atoms with van der Waals surface area (Å²) in [5.74, 6) is 1.97. The number of hydrogen-bond donors (Lipinski definition) is 0. The minimum Gasteiger partial charge on any atom is -0.299 e. The number of hydrogen-bond acceptors (Lipinski definition) is 4. The van der Waals surface area contributed by atoms with Crippen LogP contribution in [0.25, 0.3) is 82.4 Å². The highest BCUT2D eigenvalue weighted by atomic mass is 32.1. The summed E-state index contributed by atoms with van der Waals surface area (Å²) in [5.41, 5.74) is 10.2. The van der Waals surface area contributed by atoms with Crippen molar-refractivity contribution in [1.29, 1.82) is 0 Å². The van der Waals surface area contributed by atoms with E-state index in [1.807, 2.05) is 72.0 Å². The van der Waals surface area contributed by atoms with E-state index in [2.05, 4.69) is 101 Å². The third-order valence-corrected chi connectivity index (χ3v) is 9.62. The molecule has 46 heavy (non-hydrogen) atoms. The van der Waals surface area contributed by atoms with Crippen LogP contribution in [0.1, 0.15) is 0 Å². The van der Waals surface area contributed by atoms with E-state index in [1.54, 1.807) is 0 Å². The van der Waals surface area contributed by atoms with Crippen molar-refractivity contribution in [3.8, 4) is 56.4 Å². The molecule has 0 aliphatic carbocycles. The largest absolute Gasteiger partial charge is 0.299 e. The van der Waals surface area contributed by atoms with Crippen LogP contribution in [0.3, 0.4) is 0 Å². The Morgan fingerprint density at radius 1 is 0.413 bits per heavy atom. The van der Waals surface area contributed by atoms with Gasteiger partial charge in [0.25, 0.3) is 0 Å². The quantitative estimate of drug-likeness (QED) is 0.196. The lowest BCUT2D eigenvalue weighted by molar-refractivity contribution is 1.07. The molecule has 0 aliphatic rings. The minimum atomic E-state index is 0.652. The third kappa shape index (κ3) is 4.40. The van der Waals surface area contributed by atoms with Crippen LogP contribution in [0.4, 0.5) is 0 Å². The predicted molar refractivity (Wildman–Crippen MR) is 191 cm³/mol. The van der Waals surface area contributed by atoms with Crippen LogP contribution in [0.5, 0.6) is 0 Å². The van der Waals surface area contributed by atoms with E-state index in [-0.39, 0.29) is 0 Å². The standard InChI is InChI=1S/C41H26N4S/c1-4-13-27(14-5-1)32-19-12-20-33-36(41-45(37(32)33)34-21-10-11-22-35(34)46-41)28-23-25-31(26-24-28)40-43-38(29-15-6-2-7-16-29)42-39(44-40)30-17-8-3-9-18-30/h1-26H. The van der Waals surface area contributed by atoms with Gasteiger partial charge in [-0.15, -0.1) is 11.3 Å². The van der Waals surface area contributed by atoms with Crippen molar-refractivity contribution < 1.29 is 0 Å². The summed E-state index contributed by atoms with van der Waals surface area (Å²) in [6, 6.07) is 54.9. The first kappa shape index (κ1) is 26.5. The van der Waals surface area contributed by atoms with Gasteiger partial charge in [-0.2, -0.15) is 0 Å². The lowest BCUT2D eigenvalue weighted by Crippen LogP contribution is -2.00.